The van der Waals surface area contributed by atoms with Crippen molar-refractivity contribution < 1.29 is 4.79 Å². The summed E-state index contributed by atoms with van der Waals surface area (Å²) < 4.78 is 0. The Labute approximate surface area is 67.4 Å². The maximum atomic E-state index is 11.4. The minimum Gasteiger partial charge on any atom is -0.350 e. The molecule has 0 unspecified atom stereocenters. The van der Waals surface area contributed by atoms with Crippen LogP contribution in [0.5, 0.6) is 0 Å². The fourth-order valence-corrected chi connectivity index (χ4v) is 1.94. The summed E-state index contributed by atoms with van der Waals surface area (Å²) in [5.41, 5.74) is 0.270. The van der Waals surface area contributed by atoms with Gasteiger partial charge in [0.05, 0.1) is 0 Å². The van der Waals surface area contributed by atoms with Crippen LogP contribution in [0, 0.1) is 11.8 Å². The number of nitrogens with one attached hydrogen (secondary N) is 1. The van der Waals surface area contributed by atoms with Gasteiger partial charge >= 0.3 is 0 Å². The molecular weight excluding hydrogens is 138 g/mol. The highest BCUT2D eigenvalue weighted by molar-refractivity contribution is 5.83. The zero-order chi connectivity index (χ0) is 8.06. The van der Waals surface area contributed by atoms with Crippen molar-refractivity contribution in [3.8, 4) is 0 Å². The molecule has 1 heterocycles. The van der Waals surface area contributed by atoms with Crippen molar-refractivity contribution in [2.24, 2.45) is 11.8 Å². The summed E-state index contributed by atoms with van der Waals surface area (Å²) in [6, 6.07) is 0. The predicted octanol–water partition coefficient (Wildman–Crippen LogP) is 1.31. The summed E-state index contributed by atoms with van der Waals surface area (Å²) in [6.45, 7) is 4.26. The van der Waals surface area contributed by atoms with Gasteiger partial charge in [-0.15, -0.1) is 0 Å². The summed E-state index contributed by atoms with van der Waals surface area (Å²) in [6.07, 6.45) is 3.51. The molecule has 0 aromatic carbocycles. The molecule has 2 heteroatoms. The fraction of sp³-hybridized carbons (Fsp3) is 0.889. The zero-order valence-corrected chi connectivity index (χ0v) is 7.18. The second-order valence-electron chi connectivity index (χ2n) is 4.32. The Bertz CT molecular complexity index is 194. The molecule has 1 saturated carbocycles. The molecule has 11 heavy (non-hydrogen) atoms. The Balaban J connectivity index is 2.08. The van der Waals surface area contributed by atoms with Crippen molar-refractivity contribution in [3.63, 3.8) is 0 Å². The monoisotopic (exact) mass is 153 g/mol. The van der Waals surface area contributed by atoms with E-state index in [0.717, 1.165) is 6.42 Å². The largest absolute Gasteiger partial charge is 0.350 e. The quantitative estimate of drug-likeness (QED) is 0.604. The van der Waals surface area contributed by atoms with Crippen LogP contribution in [0.25, 0.3) is 0 Å². The normalized spacial score (nSPS) is 33.0. The molecule has 2 fully saturated rings. The topological polar surface area (TPSA) is 29.1 Å². The third-order valence-corrected chi connectivity index (χ3v) is 2.99. The molecule has 1 aliphatic heterocycles. The SMILES string of the molecule is CC(C)[C@@H]1CC2(CC2)NC1=O. The van der Waals surface area contributed by atoms with Crippen LogP contribution in [0.1, 0.15) is 33.1 Å². The van der Waals surface area contributed by atoms with Crippen LogP contribution in [0.15, 0.2) is 0 Å². The molecule has 0 aromatic heterocycles. The molecule has 1 N–H and O–H groups in total. The van der Waals surface area contributed by atoms with Gasteiger partial charge < -0.3 is 5.32 Å². The van der Waals surface area contributed by atoms with Gasteiger partial charge in [0, 0.05) is 11.5 Å². The highest BCUT2D eigenvalue weighted by Crippen LogP contribution is 2.46. The van der Waals surface area contributed by atoms with Gasteiger partial charge in [-0.1, -0.05) is 13.8 Å². The smallest absolute Gasteiger partial charge is 0.223 e. The first-order valence-electron chi connectivity index (χ1n) is 4.45. The molecule has 0 aromatic rings. The first kappa shape index (κ1) is 7.14. The summed E-state index contributed by atoms with van der Waals surface area (Å²) in [4.78, 5) is 11.4. The standard InChI is InChI=1S/C9H15NO/c1-6(2)7-5-9(3-4-9)10-8(7)11/h6-7H,3-5H2,1-2H3,(H,10,11)/t7-/m0/s1. The Kier molecular flexibility index (Phi) is 1.29. The van der Waals surface area contributed by atoms with Gasteiger partial charge in [0.15, 0.2) is 0 Å². The molecule has 0 radical (unpaired) electrons. The van der Waals surface area contributed by atoms with E-state index in [9.17, 15) is 4.79 Å². The van der Waals surface area contributed by atoms with E-state index in [1.165, 1.54) is 12.8 Å². The number of rotatable bonds is 1. The van der Waals surface area contributed by atoms with Crippen molar-refractivity contribution in [2.45, 2.75) is 38.6 Å². The predicted molar refractivity (Wildman–Crippen MR) is 43.1 cm³/mol. The lowest BCUT2D eigenvalue weighted by Crippen LogP contribution is -2.28. The highest BCUT2D eigenvalue weighted by Gasteiger charge is 2.52. The minimum atomic E-state index is 0.270. The lowest BCUT2D eigenvalue weighted by Gasteiger charge is -2.09. The molecule has 62 valence electrons. The van der Waals surface area contributed by atoms with Gasteiger partial charge in [-0.3, -0.25) is 4.79 Å². The van der Waals surface area contributed by atoms with Crippen molar-refractivity contribution >= 4 is 5.91 Å². The molecule has 1 amide bonds. The average molecular weight is 153 g/mol. The van der Waals surface area contributed by atoms with Crippen molar-refractivity contribution in [2.75, 3.05) is 0 Å². The van der Waals surface area contributed by atoms with Gasteiger partial charge in [-0.25, -0.2) is 0 Å². The molecule has 1 atom stereocenters. The maximum Gasteiger partial charge on any atom is 0.223 e. The van der Waals surface area contributed by atoms with E-state index in [0.29, 0.717) is 5.92 Å². The first-order chi connectivity index (χ1) is 5.13. The molecule has 1 saturated heterocycles. The summed E-state index contributed by atoms with van der Waals surface area (Å²) in [5.74, 6) is 1.09. The summed E-state index contributed by atoms with van der Waals surface area (Å²) >= 11 is 0. The van der Waals surface area contributed by atoms with Crippen LogP contribution in [0.2, 0.25) is 0 Å². The Morgan fingerprint density at radius 1 is 1.55 bits per heavy atom. The van der Waals surface area contributed by atoms with Gasteiger partial charge in [0.2, 0.25) is 5.91 Å². The van der Waals surface area contributed by atoms with Crippen molar-refractivity contribution in [1.82, 2.24) is 5.32 Å². The first-order valence-corrected chi connectivity index (χ1v) is 4.45. The minimum absolute atomic E-state index is 0.270. The van der Waals surface area contributed by atoms with E-state index in [1.807, 2.05) is 0 Å². The second-order valence-corrected chi connectivity index (χ2v) is 4.32. The lowest BCUT2D eigenvalue weighted by atomic mass is 9.92. The number of hydrogen-bond donors (Lipinski definition) is 1. The van der Waals surface area contributed by atoms with Crippen molar-refractivity contribution in [3.05, 3.63) is 0 Å². The van der Waals surface area contributed by atoms with Gasteiger partial charge in [-0.2, -0.15) is 0 Å². The van der Waals surface area contributed by atoms with Crippen molar-refractivity contribution in [1.29, 1.82) is 0 Å². The maximum absolute atomic E-state index is 11.4. The van der Waals surface area contributed by atoms with Crippen LogP contribution >= 0.6 is 0 Å². The molecule has 0 bridgehead atoms. The summed E-state index contributed by atoms with van der Waals surface area (Å²) in [5, 5.41) is 3.10. The van der Waals surface area contributed by atoms with Crippen LogP contribution < -0.4 is 5.32 Å². The van der Waals surface area contributed by atoms with Gasteiger partial charge in [-0.05, 0) is 25.2 Å². The summed E-state index contributed by atoms with van der Waals surface area (Å²) in [7, 11) is 0. The Morgan fingerprint density at radius 3 is 2.45 bits per heavy atom. The second kappa shape index (κ2) is 1.99. The van der Waals surface area contributed by atoms with Crippen LogP contribution in [-0.2, 0) is 4.79 Å². The Morgan fingerprint density at radius 2 is 2.18 bits per heavy atom. The van der Waals surface area contributed by atoms with E-state index in [4.69, 9.17) is 0 Å². The third-order valence-electron chi connectivity index (χ3n) is 2.99. The third kappa shape index (κ3) is 1.05. The molecule has 1 aliphatic carbocycles. The molecule has 2 aliphatic rings. The zero-order valence-electron chi connectivity index (χ0n) is 7.18. The number of hydrogen-bond acceptors (Lipinski definition) is 1. The molecule has 2 rings (SSSR count). The molecule has 2 nitrogen and oxygen atoms in total. The van der Waals surface area contributed by atoms with E-state index in [1.54, 1.807) is 0 Å². The number of carbonyl (C=O) groups excluding carboxylic acids is 1. The van der Waals surface area contributed by atoms with Crippen LogP contribution in [0.4, 0.5) is 0 Å². The van der Waals surface area contributed by atoms with E-state index in [-0.39, 0.29) is 17.4 Å². The average Bonchev–Trinajstić information content (AvgIpc) is 2.54. The van der Waals surface area contributed by atoms with E-state index in [2.05, 4.69) is 19.2 Å². The Hall–Kier alpha value is -0.530. The lowest BCUT2D eigenvalue weighted by molar-refractivity contribution is -0.123. The van der Waals surface area contributed by atoms with Crippen LogP contribution in [-0.4, -0.2) is 11.4 Å². The fourth-order valence-electron chi connectivity index (χ4n) is 1.94. The highest BCUT2D eigenvalue weighted by atomic mass is 16.2. The molecule has 1 spiro atoms. The number of carbonyl (C=O) groups is 1. The van der Waals surface area contributed by atoms with Crippen LogP contribution in [0.3, 0.4) is 0 Å². The molecular formula is C9H15NO. The van der Waals surface area contributed by atoms with Gasteiger partial charge in [0.1, 0.15) is 0 Å². The van der Waals surface area contributed by atoms with E-state index >= 15 is 0 Å². The van der Waals surface area contributed by atoms with Gasteiger partial charge in [0.25, 0.3) is 0 Å². The number of amides is 1. The van der Waals surface area contributed by atoms with E-state index < -0.39 is 0 Å².